The number of pyridine rings is 1. The van der Waals surface area contributed by atoms with Gasteiger partial charge in [0.15, 0.2) is 0 Å². The van der Waals surface area contributed by atoms with Crippen molar-refractivity contribution in [3.63, 3.8) is 0 Å². The van der Waals surface area contributed by atoms with Gasteiger partial charge in [-0.1, -0.05) is 11.6 Å². The average Bonchev–Trinajstić information content (AvgIpc) is 2.64. The number of anilines is 2. The first-order valence-corrected chi connectivity index (χ1v) is 8.42. The van der Waals surface area contributed by atoms with E-state index >= 15 is 0 Å². The number of carbonyl (C=O) groups is 1. The van der Waals surface area contributed by atoms with Gasteiger partial charge < -0.3 is 15.3 Å². The number of nitrogens with zero attached hydrogens (tertiary/aromatic N) is 2. The molecule has 1 saturated heterocycles. The molecule has 1 unspecified atom stereocenters. The first kappa shape index (κ1) is 16.7. The van der Waals surface area contributed by atoms with Crippen LogP contribution in [0, 0.1) is 5.92 Å². The molecular weight excluding hydrogens is 326 g/mol. The number of aromatic nitrogens is 1. The number of nitrogens with one attached hydrogen (secondary N) is 1. The van der Waals surface area contributed by atoms with Crippen LogP contribution in [0.4, 0.5) is 11.5 Å². The van der Waals surface area contributed by atoms with E-state index in [9.17, 15) is 9.90 Å². The summed E-state index contributed by atoms with van der Waals surface area (Å²) in [6.45, 7) is 1.48. The van der Waals surface area contributed by atoms with E-state index in [1.807, 2.05) is 12.1 Å². The Morgan fingerprint density at radius 3 is 2.75 bits per heavy atom. The number of likely N-dealkylation sites (tertiary alicyclic amines) is 1. The lowest BCUT2D eigenvalue weighted by Gasteiger charge is -2.31. The molecule has 0 radical (unpaired) electrons. The normalized spacial score (nSPS) is 17.6. The second-order valence-electron chi connectivity index (χ2n) is 6.01. The van der Waals surface area contributed by atoms with Crippen LogP contribution in [0.5, 0.6) is 0 Å². The zero-order valence-electron chi connectivity index (χ0n) is 13.3. The average molecular weight is 346 g/mol. The van der Waals surface area contributed by atoms with Gasteiger partial charge in [-0.15, -0.1) is 0 Å². The fourth-order valence-corrected chi connectivity index (χ4v) is 2.98. The van der Waals surface area contributed by atoms with Crippen LogP contribution >= 0.6 is 11.6 Å². The van der Waals surface area contributed by atoms with Crippen molar-refractivity contribution in [2.75, 3.05) is 25.0 Å². The number of carbonyl (C=O) groups excluding carboxylic acids is 1. The fraction of sp³-hybridized carbons (Fsp3) is 0.333. The number of aliphatic hydroxyl groups excluding tert-OH is 1. The molecule has 0 aliphatic carbocycles. The molecule has 2 N–H and O–H groups in total. The van der Waals surface area contributed by atoms with Crippen LogP contribution in [-0.4, -0.2) is 40.6 Å². The number of hydrogen-bond acceptors (Lipinski definition) is 4. The summed E-state index contributed by atoms with van der Waals surface area (Å²) in [5.74, 6) is 0.820. The van der Waals surface area contributed by atoms with Crippen molar-refractivity contribution >= 4 is 29.0 Å². The van der Waals surface area contributed by atoms with Gasteiger partial charge in [-0.2, -0.15) is 0 Å². The Bertz CT molecular complexity index is 688. The van der Waals surface area contributed by atoms with Crippen molar-refractivity contribution in [2.45, 2.75) is 12.8 Å². The Hall–Kier alpha value is -2.11. The maximum Gasteiger partial charge on any atom is 0.255 e. The van der Waals surface area contributed by atoms with Crippen LogP contribution < -0.4 is 5.32 Å². The third-order valence-corrected chi connectivity index (χ3v) is 4.44. The molecule has 5 nitrogen and oxygen atoms in total. The molecule has 0 spiro atoms. The second-order valence-corrected chi connectivity index (χ2v) is 6.44. The van der Waals surface area contributed by atoms with Gasteiger partial charge in [0.2, 0.25) is 0 Å². The monoisotopic (exact) mass is 345 g/mol. The Balaban J connectivity index is 1.65. The highest BCUT2D eigenvalue weighted by atomic mass is 35.5. The summed E-state index contributed by atoms with van der Waals surface area (Å²) in [7, 11) is 0. The van der Waals surface area contributed by atoms with Crippen LogP contribution in [0.1, 0.15) is 23.2 Å². The maximum atomic E-state index is 12.5. The van der Waals surface area contributed by atoms with Crippen LogP contribution in [0.2, 0.25) is 5.02 Å². The van der Waals surface area contributed by atoms with Crippen molar-refractivity contribution in [3.05, 3.63) is 53.2 Å². The Kier molecular flexibility index (Phi) is 5.33. The van der Waals surface area contributed by atoms with Gasteiger partial charge in [-0.3, -0.25) is 4.79 Å². The number of aliphatic hydroxyl groups is 1. The quantitative estimate of drug-likeness (QED) is 0.892. The van der Waals surface area contributed by atoms with Crippen LogP contribution in [0.3, 0.4) is 0 Å². The van der Waals surface area contributed by atoms with Gasteiger partial charge >= 0.3 is 0 Å². The minimum absolute atomic E-state index is 0.0290. The molecule has 126 valence electrons. The molecule has 1 aromatic heterocycles. The summed E-state index contributed by atoms with van der Waals surface area (Å²) < 4.78 is 0. The van der Waals surface area contributed by atoms with E-state index in [4.69, 9.17) is 11.6 Å². The summed E-state index contributed by atoms with van der Waals surface area (Å²) in [4.78, 5) is 18.6. The predicted molar refractivity (Wildman–Crippen MR) is 94.7 cm³/mol. The van der Waals surface area contributed by atoms with Crippen LogP contribution in [-0.2, 0) is 0 Å². The van der Waals surface area contributed by atoms with E-state index in [-0.39, 0.29) is 18.4 Å². The SMILES string of the molecule is O=C(c1ccc(Nc2ccc(Cl)cc2)nc1)N1CCCC(CO)C1. The number of hydrogen-bond donors (Lipinski definition) is 2. The molecule has 2 heterocycles. The minimum Gasteiger partial charge on any atom is -0.396 e. The molecule has 3 rings (SSSR count). The molecular formula is C18H20ClN3O2. The summed E-state index contributed by atoms with van der Waals surface area (Å²) in [5, 5.41) is 13.1. The Morgan fingerprint density at radius 2 is 2.08 bits per heavy atom. The Morgan fingerprint density at radius 1 is 1.29 bits per heavy atom. The maximum absolute atomic E-state index is 12.5. The lowest BCUT2D eigenvalue weighted by Crippen LogP contribution is -2.40. The number of halogens is 1. The zero-order valence-corrected chi connectivity index (χ0v) is 14.0. The van der Waals surface area contributed by atoms with E-state index in [2.05, 4.69) is 10.3 Å². The smallest absolute Gasteiger partial charge is 0.255 e. The molecule has 0 saturated carbocycles. The number of piperidine rings is 1. The molecule has 1 amide bonds. The number of amides is 1. The molecule has 1 aliphatic rings. The third kappa shape index (κ3) is 4.04. The number of benzene rings is 1. The van der Waals surface area contributed by atoms with Crippen molar-refractivity contribution in [1.29, 1.82) is 0 Å². The van der Waals surface area contributed by atoms with Gasteiger partial charge in [0.25, 0.3) is 5.91 Å². The highest BCUT2D eigenvalue weighted by molar-refractivity contribution is 6.30. The van der Waals surface area contributed by atoms with Crippen LogP contribution in [0.25, 0.3) is 0 Å². The summed E-state index contributed by atoms with van der Waals surface area (Å²) in [6, 6.07) is 10.9. The first-order chi connectivity index (χ1) is 11.7. The first-order valence-electron chi connectivity index (χ1n) is 8.04. The lowest BCUT2D eigenvalue weighted by atomic mass is 9.98. The second kappa shape index (κ2) is 7.64. The largest absolute Gasteiger partial charge is 0.396 e. The molecule has 1 atom stereocenters. The molecule has 2 aromatic rings. The molecule has 24 heavy (non-hydrogen) atoms. The van der Waals surface area contributed by atoms with E-state index in [0.717, 1.165) is 25.1 Å². The fourth-order valence-electron chi connectivity index (χ4n) is 2.86. The highest BCUT2D eigenvalue weighted by Crippen LogP contribution is 2.20. The van der Waals surface area contributed by atoms with Crippen molar-refractivity contribution in [3.8, 4) is 0 Å². The molecule has 1 aromatic carbocycles. The standard InChI is InChI=1S/C18H20ClN3O2/c19-15-4-6-16(7-5-15)21-17-8-3-14(10-20-17)18(24)22-9-1-2-13(11-22)12-23/h3-8,10,13,23H,1-2,9,11-12H2,(H,20,21). The lowest BCUT2D eigenvalue weighted by molar-refractivity contribution is 0.0620. The van der Waals surface area contributed by atoms with Crippen molar-refractivity contribution in [2.24, 2.45) is 5.92 Å². The summed E-state index contributed by atoms with van der Waals surface area (Å²) >= 11 is 5.86. The van der Waals surface area contributed by atoms with Crippen molar-refractivity contribution < 1.29 is 9.90 Å². The summed E-state index contributed by atoms with van der Waals surface area (Å²) in [6.07, 6.45) is 3.49. The highest BCUT2D eigenvalue weighted by Gasteiger charge is 2.24. The third-order valence-electron chi connectivity index (χ3n) is 4.19. The molecule has 1 fully saturated rings. The Labute approximate surface area is 146 Å². The van der Waals surface area contributed by atoms with E-state index in [1.54, 1.807) is 35.4 Å². The van der Waals surface area contributed by atoms with Crippen molar-refractivity contribution in [1.82, 2.24) is 9.88 Å². The topological polar surface area (TPSA) is 65.5 Å². The van der Waals surface area contributed by atoms with E-state index in [1.165, 1.54) is 0 Å². The van der Waals surface area contributed by atoms with Gasteiger partial charge in [-0.05, 0) is 55.2 Å². The molecule has 1 aliphatic heterocycles. The van der Waals surface area contributed by atoms with Gasteiger partial charge in [0.1, 0.15) is 5.82 Å². The van der Waals surface area contributed by atoms with Gasteiger partial charge in [0.05, 0.1) is 5.56 Å². The molecule has 0 bridgehead atoms. The summed E-state index contributed by atoms with van der Waals surface area (Å²) in [5.41, 5.74) is 1.45. The van der Waals surface area contributed by atoms with Gasteiger partial charge in [-0.25, -0.2) is 4.98 Å². The minimum atomic E-state index is -0.0290. The van der Waals surface area contributed by atoms with Crippen LogP contribution in [0.15, 0.2) is 42.6 Å². The number of rotatable bonds is 4. The van der Waals surface area contributed by atoms with E-state index in [0.29, 0.717) is 22.9 Å². The zero-order chi connectivity index (χ0) is 16.9. The van der Waals surface area contributed by atoms with E-state index < -0.39 is 0 Å². The predicted octanol–water partition coefficient (Wildman–Crippen LogP) is 3.32. The molecule has 6 heteroatoms. The van der Waals surface area contributed by atoms with Gasteiger partial charge in [0, 0.05) is 36.6 Å².